The van der Waals surface area contributed by atoms with Crippen molar-refractivity contribution in [3.63, 3.8) is 0 Å². The lowest BCUT2D eigenvalue weighted by molar-refractivity contribution is -0.318. The van der Waals surface area contributed by atoms with Gasteiger partial charge in [-0.1, -0.05) is 32.4 Å². The van der Waals surface area contributed by atoms with Crippen LogP contribution in [-0.2, 0) is 57.0 Å². The molecule has 18 atom stereocenters. The largest absolute Gasteiger partial charge is 0.490 e. The Kier molecular flexibility index (Phi) is 24.6. The molecule has 1 amide bonds. The number of carboxylic acids is 1. The number of benzene rings is 1. The molecule has 6 N–H and O–H groups in total. The summed E-state index contributed by atoms with van der Waals surface area (Å²) in [7, 11) is 6.97. The zero-order valence-electron chi connectivity index (χ0n) is 51.9. The van der Waals surface area contributed by atoms with Crippen molar-refractivity contribution >= 4 is 46.3 Å². The van der Waals surface area contributed by atoms with Gasteiger partial charge in [-0.05, 0) is 120 Å². The Balaban J connectivity index is 1.06. The minimum Gasteiger partial charge on any atom is -0.490 e. The molecule has 2 aromatic rings. The lowest BCUT2D eigenvalue weighted by atomic mass is 9.77. The van der Waals surface area contributed by atoms with Gasteiger partial charge in [-0.2, -0.15) is 0 Å². The lowest BCUT2D eigenvalue weighted by Gasteiger charge is -2.49. The zero-order chi connectivity index (χ0) is 63.0. The SMILES string of the molecule is CC[C@H]1OC(=O)[C@H](C)[C@@H](O[C@H]2C[C@@](C)(OC)[C@@H](OC(=O)CNC(=O)CCOCCOCCOc3cc4c(=O)c(C(=O)O)cn(C5CC5)c4cc3Cl)[C@H](C)O2)[C@H](C)[C@@H](O[C@@H]2O[C@H](C)C[C@H](N(C)C)[C@H]2O)[C@](C)(O)C[C@@H](C)CN(C)[C@H](C)[C@@H](O)[C@]1(C)O. The van der Waals surface area contributed by atoms with Crippen LogP contribution in [0.25, 0.3) is 10.9 Å². The number of likely N-dealkylation sites (N-methyl/N-ethyl adjacent to an activating group) is 2. The van der Waals surface area contributed by atoms with Crippen LogP contribution >= 0.6 is 11.6 Å². The van der Waals surface area contributed by atoms with E-state index >= 15 is 0 Å². The maximum Gasteiger partial charge on any atom is 0.341 e. The van der Waals surface area contributed by atoms with Crippen LogP contribution in [0.1, 0.15) is 131 Å². The number of fused-ring (bicyclic) bond motifs is 1. The van der Waals surface area contributed by atoms with E-state index in [9.17, 15) is 49.5 Å². The van der Waals surface area contributed by atoms with Gasteiger partial charge in [0.05, 0.1) is 78.3 Å². The number of esters is 2. The molecule has 1 aromatic carbocycles. The van der Waals surface area contributed by atoms with Crippen molar-refractivity contribution in [3.05, 3.63) is 39.1 Å². The molecule has 4 heterocycles. The maximum atomic E-state index is 14.6. The molecule has 482 valence electrons. The van der Waals surface area contributed by atoms with E-state index in [2.05, 4.69) is 5.32 Å². The number of nitrogens with one attached hydrogen (secondary N) is 1. The predicted molar refractivity (Wildman–Crippen MR) is 311 cm³/mol. The number of carboxylic acid groups (broad SMARTS) is 1. The van der Waals surface area contributed by atoms with Crippen LogP contribution in [-0.4, -0.2) is 228 Å². The zero-order valence-corrected chi connectivity index (χ0v) is 52.7. The Hall–Kier alpha value is -4.12. The number of aromatic carboxylic acids is 1. The van der Waals surface area contributed by atoms with Crippen molar-refractivity contribution in [2.75, 3.05) is 74.4 Å². The van der Waals surface area contributed by atoms with Crippen molar-refractivity contribution in [1.82, 2.24) is 19.7 Å². The number of carbonyl (C=O) groups excluding carboxylic acids is 3. The fourth-order valence-electron chi connectivity index (χ4n) is 12.4. The normalized spacial score (nSPS) is 35.6. The second kappa shape index (κ2) is 29.9. The minimum atomic E-state index is -1.89. The van der Waals surface area contributed by atoms with Gasteiger partial charge >= 0.3 is 17.9 Å². The molecule has 85 heavy (non-hydrogen) atoms. The number of halogens is 1. The van der Waals surface area contributed by atoms with Gasteiger partial charge in [0.25, 0.3) is 0 Å². The summed E-state index contributed by atoms with van der Waals surface area (Å²) in [5.74, 6) is -5.36. The highest BCUT2D eigenvalue weighted by Crippen LogP contribution is 2.42. The number of nitrogens with zero attached hydrogens (tertiary/aromatic N) is 3. The molecule has 4 fully saturated rings. The number of pyridine rings is 1. The number of carbonyl (C=O) groups is 4. The highest BCUT2D eigenvalue weighted by atomic mass is 35.5. The third kappa shape index (κ3) is 17.4. The van der Waals surface area contributed by atoms with E-state index in [1.54, 1.807) is 59.1 Å². The van der Waals surface area contributed by atoms with Gasteiger partial charge in [0.2, 0.25) is 11.3 Å². The van der Waals surface area contributed by atoms with Gasteiger partial charge in [-0.15, -0.1) is 0 Å². The van der Waals surface area contributed by atoms with Crippen molar-refractivity contribution in [2.24, 2.45) is 17.8 Å². The van der Waals surface area contributed by atoms with Gasteiger partial charge in [-0.3, -0.25) is 19.2 Å². The quantitative estimate of drug-likeness (QED) is 0.0715. The van der Waals surface area contributed by atoms with Crippen LogP contribution in [0.5, 0.6) is 5.75 Å². The Bertz CT molecular complexity index is 2640. The summed E-state index contributed by atoms with van der Waals surface area (Å²) in [6.45, 7) is 17.6. The number of ether oxygens (including phenoxy) is 10. The summed E-state index contributed by atoms with van der Waals surface area (Å²) >= 11 is 6.49. The third-order valence-corrected chi connectivity index (χ3v) is 17.7. The first-order valence-corrected chi connectivity index (χ1v) is 30.1. The molecule has 1 aromatic heterocycles. The number of hydrogen-bond acceptors (Lipinski definition) is 21. The molecule has 0 spiro atoms. The van der Waals surface area contributed by atoms with Crippen LogP contribution in [0.15, 0.2) is 23.1 Å². The summed E-state index contributed by atoms with van der Waals surface area (Å²) in [6, 6.07) is 2.20. The fourth-order valence-corrected chi connectivity index (χ4v) is 12.6. The molecule has 3 saturated heterocycles. The highest BCUT2D eigenvalue weighted by Gasteiger charge is 2.54. The van der Waals surface area contributed by atoms with E-state index in [1.807, 2.05) is 44.8 Å². The molecule has 25 heteroatoms. The second-order valence-electron chi connectivity index (χ2n) is 24.8. The molecule has 1 saturated carbocycles. The van der Waals surface area contributed by atoms with Gasteiger partial charge in [0, 0.05) is 56.7 Å². The second-order valence-corrected chi connectivity index (χ2v) is 25.3. The first kappa shape index (κ1) is 70.0. The number of aliphatic hydroxyl groups excluding tert-OH is 2. The molecule has 0 unspecified atom stereocenters. The van der Waals surface area contributed by atoms with Crippen LogP contribution in [0.3, 0.4) is 0 Å². The number of hydrogen-bond donors (Lipinski definition) is 6. The Morgan fingerprint density at radius 2 is 1.56 bits per heavy atom. The van der Waals surface area contributed by atoms with Crippen LogP contribution in [0.4, 0.5) is 0 Å². The predicted octanol–water partition coefficient (Wildman–Crippen LogP) is 4.07. The maximum absolute atomic E-state index is 14.6. The standard InChI is InChI=1S/C60H95ClN4O20/c1-15-45-60(10,75)52(70)36(6)64(13)30-32(2)27-58(8,74)53(85-57-50(69)43(63(11)12)24-33(3)80-57)34(4)51(35(5)56(73)82-45)84-48-28-59(9,76-14)54(37(7)81-48)83-47(67)29-62-46(66)18-19-77-20-21-78-22-23-79-44-25-39-42(26-41(44)61)65(38-16-17-38)31-40(49(39)68)55(71)72/h25-26,31-38,43,45,48,50-54,57,69-70,74-75H,15-24,27-30H2,1-14H3,(H,62,66)(H,71,72)/t32-,33-,34+,35-,36-,37+,43+,45-,48+,50-,51+,52-,53-,54+,57+,58-,59-,60-/m1/s1. The van der Waals surface area contributed by atoms with E-state index in [4.69, 9.17) is 59.0 Å². The number of methoxy groups -OCH3 is 1. The van der Waals surface area contributed by atoms with Gasteiger partial charge in [0.15, 0.2) is 18.7 Å². The Morgan fingerprint density at radius 3 is 2.19 bits per heavy atom. The van der Waals surface area contributed by atoms with Crippen molar-refractivity contribution < 1.29 is 92.1 Å². The third-order valence-electron chi connectivity index (χ3n) is 17.4. The van der Waals surface area contributed by atoms with Crippen LogP contribution < -0.4 is 15.5 Å². The van der Waals surface area contributed by atoms with E-state index in [-0.39, 0.29) is 105 Å². The molecule has 24 nitrogen and oxygen atoms in total. The van der Waals surface area contributed by atoms with E-state index < -0.39 is 126 Å². The van der Waals surface area contributed by atoms with Crippen molar-refractivity contribution in [3.8, 4) is 5.75 Å². The number of rotatable bonds is 22. The highest BCUT2D eigenvalue weighted by molar-refractivity contribution is 6.32. The van der Waals surface area contributed by atoms with Crippen LogP contribution in [0, 0.1) is 17.8 Å². The topological polar surface area (TPSA) is 302 Å². The smallest absolute Gasteiger partial charge is 0.341 e. The molecule has 4 aliphatic rings. The first-order chi connectivity index (χ1) is 39.8. The van der Waals surface area contributed by atoms with Crippen molar-refractivity contribution in [1.29, 1.82) is 0 Å². The van der Waals surface area contributed by atoms with E-state index in [0.29, 0.717) is 18.5 Å². The number of cyclic esters (lactones) is 1. The Labute approximate surface area is 503 Å². The molecule has 6 rings (SSSR count). The summed E-state index contributed by atoms with van der Waals surface area (Å²) in [6.07, 6.45) is -6.69. The Morgan fingerprint density at radius 1 is 0.906 bits per heavy atom. The minimum absolute atomic E-state index is 0.0206. The summed E-state index contributed by atoms with van der Waals surface area (Å²) < 4.78 is 63.2. The number of aliphatic hydroxyl groups is 4. The molecule has 0 radical (unpaired) electrons. The average molecular weight is 1230 g/mol. The fraction of sp³-hybridized carbons (Fsp3) is 0.783. The number of aromatic nitrogens is 1. The van der Waals surface area contributed by atoms with E-state index in [1.165, 1.54) is 26.3 Å². The molecular formula is C60H95ClN4O20. The van der Waals surface area contributed by atoms with Crippen LogP contribution in [0.2, 0.25) is 5.02 Å². The van der Waals surface area contributed by atoms with Crippen molar-refractivity contribution in [2.45, 2.75) is 211 Å². The molecule has 1 aliphatic carbocycles. The van der Waals surface area contributed by atoms with Gasteiger partial charge < -0.3 is 92.6 Å². The number of amides is 1. The van der Waals surface area contributed by atoms with Gasteiger partial charge in [-0.25, -0.2) is 4.79 Å². The van der Waals surface area contributed by atoms with Gasteiger partial charge in [0.1, 0.15) is 54.0 Å². The molecular weight excluding hydrogens is 1130 g/mol. The molecule has 0 bridgehead atoms. The summed E-state index contributed by atoms with van der Waals surface area (Å²) in [5, 5.41) is 60.8. The molecule has 3 aliphatic heterocycles. The average Bonchev–Trinajstić information content (AvgIpc) is 4.37. The summed E-state index contributed by atoms with van der Waals surface area (Å²) in [5.41, 5.74) is -5.23. The monoisotopic (exact) mass is 1230 g/mol. The lowest BCUT2D eigenvalue weighted by Crippen LogP contribution is -2.61. The summed E-state index contributed by atoms with van der Waals surface area (Å²) in [4.78, 5) is 69.4. The first-order valence-electron chi connectivity index (χ1n) is 29.8. The van der Waals surface area contributed by atoms with E-state index in [0.717, 1.165) is 12.8 Å².